The van der Waals surface area contributed by atoms with E-state index in [2.05, 4.69) is 0 Å². The third-order valence-electron chi connectivity index (χ3n) is 5.90. The Balaban J connectivity index is 1.91. The first-order valence-corrected chi connectivity index (χ1v) is 9.46. The topological polar surface area (TPSA) is 61.8 Å². The zero-order valence-corrected chi connectivity index (χ0v) is 17.0. The molecule has 0 aromatic heterocycles. The van der Waals surface area contributed by atoms with Crippen LogP contribution in [-0.2, 0) is 47.6 Å². The molecule has 2 aromatic carbocycles. The van der Waals surface area contributed by atoms with Gasteiger partial charge in [-0.3, -0.25) is 0 Å². The lowest BCUT2D eigenvalue weighted by atomic mass is 9.71. The van der Waals surface area contributed by atoms with Gasteiger partial charge in [0.15, 0.2) is 0 Å². The number of halogens is 3. The van der Waals surface area contributed by atoms with E-state index in [9.17, 15) is 22.8 Å². The van der Waals surface area contributed by atoms with Crippen molar-refractivity contribution in [3.05, 3.63) is 81.9 Å². The number of alkyl halides is 3. The molecule has 8 heteroatoms. The van der Waals surface area contributed by atoms with Gasteiger partial charge < -0.3 is 14.2 Å². The summed E-state index contributed by atoms with van der Waals surface area (Å²) < 4.78 is 55.2. The Bertz CT molecular complexity index is 1100. The second-order valence-corrected chi connectivity index (χ2v) is 7.61. The first-order valence-electron chi connectivity index (χ1n) is 9.46. The molecule has 0 radical (unpaired) electrons. The number of ether oxygens (including phenoxy) is 3. The lowest BCUT2D eigenvalue weighted by Gasteiger charge is -2.29. The molecule has 0 saturated carbocycles. The van der Waals surface area contributed by atoms with E-state index in [-0.39, 0.29) is 17.6 Å². The molecule has 2 atom stereocenters. The van der Waals surface area contributed by atoms with Crippen molar-refractivity contribution in [2.75, 3.05) is 14.2 Å². The maximum absolute atomic E-state index is 13.0. The molecule has 0 fully saturated rings. The van der Waals surface area contributed by atoms with Crippen LogP contribution in [0.15, 0.2) is 59.7 Å². The van der Waals surface area contributed by atoms with Crippen molar-refractivity contribution in [2.45, 2.75) is 30.7 Å². The van der Waals surface area contributed by atoms with Crippen molar-refractivity contribution in [3.63, 3.8) is 0 Å². The number of methoxy groups -OCH3 is 2. The van der Waals surface area contributed by atoms with Crippen molar-refractivity contribution < 1.29 is 37.0 Å². The molecule has 2 unspecified atom stereocenters. The molecule has 2 aliphatic heterocycles. The van der Waals surface area contributed by atoms with Crippen LogP contribution in [-0.4, -0.2) is 26.2 Å². The van der Waals surface area contributed by atoms with E-state index >= 15 is 0 Å². The van der Waals surface area contributed by atoms with E-state index < -0.39 is 34.9 Å². The number of rotatable bonds is 4. The van der Waals surface area contributed by atoms with Crippen molar-refractivity contribution in [1.82, 2.24) is 0 Å². The van der Waals surface area contributed by atoms with E-state index in [0.717, 1.165) is 12.1 Å². The van der Waals surface area contributed by atoms with Crippen LogP contribution in [0.25, 0.3) is 0 Å². The van der Waals surface area contributed by atoms with E-state index in [4.69, 9.17) is 14.2 Å². The average Bonchev–Trinajstić information content (AvgIpc) is 3.16. The second-order valence-electron chi connectivity index (χ2n) is 7.61. The third-order valence-corrected chi connectivity index (χ3v) is 5.90. The van der Waals surface area contributed by atoms with E-state index in [1.165, 1.54) is 26.4 Å². The summed E-state index contributed by atoms with van der Waals surface area (Å²) in [6.45, 7) is 1.67. The molecule has 2 bridgehead atoms. The van der Waals surface area contributed by atoms with Gasteiger partial charge in [-0.25, -0.2) is 9.59 Å². The summed E-state index contributed by atoms with van der Waals surface area (Å²) in [5.41, 5.74) is -1.56. The van der Waals surface area contributed by atoms with Gasteiger partial charge in [0.05, 0.1) is 30.9 Å². The lowest BCUT2D eigenvalue weighted by molar-refractivity contribution is -0.140. The fraction of sp³-hybridized carbons (Fsp3) is 0.304. The van der Waals surface area contributed by atoms with Gasteiger partial charge in [-0.05, 0) is 35.7 Å². The van der Waals surface area contributed by atoms with Crippen LogP contribution >= 0.6 is 0 Å². The van der Waals surface area contributed by atoms with Gasteiger partial charge in [0.1, 0.15) is 11.2 Å². The highest BCUT2D eigenvalue weighted by Gasteiger charge is 2.65. The largest absolute Gasteiger partial charge is 0.466 e. The Morgan fingerprint density at radius 3 is 2.00 bits per heavy atom. The molecule has 2 aliphatic rings. The average molecular weight is 432 g/mol. The zero-order valence-electron chi connectivity index (χ0n) is 17.0. The normalized spacial score (nSPS) is 24.2. The Hall–Kier alpha value is -3.13. The first kappa shape index (κ1) is 21.1. The number of carbonyl (C=O) groups excluding carboxylic acids is 2. The lowest BCUT2D eigenvalue weighted by Crippen LogP contribution is -2.35. The maximum Gasteiger partial charge on any atom is 0.416 e. The van der Waals surface area contributed by atoms with E-state index in [1.807, 2.05) is 0 Å². The molecular formula is C23H19F3O5. The van der Waals surface area contributed by atoms with Crippen LogP contribution < -0.4 is 0 Å². The Labute approximate surface area is 176 Å². The summed E-state index contributed by atoms with van der Waals surface area (Å²) >= 11 is 0. The highest BCUT2D eigenvalue weighted by molar-refractivity contribution is 6.06. The van der Waals surface area contributed by atoms with Gasteiger partial charge in [0.2, 0.25) is 0 Å². The van der Waals surface area contributed by atoms with Crippen LogP contribution in [0.5, 0.6) is 0 Å². The summed E-state index contributed by atoms with van der Waals surface area (Å²) in [5.74, 6) is -1.49. The predicted molar refractivity (Wildman–Crippen MR) is 103 cm³/mol. The number of hydrogen-bond acceptors (Lipinski definition) is 5. The molecule has 162 valence electrons. The molecule has 0 spiro atoms. The van der Waals surface area contributed by atoms with E-state index in [0.29, 0.717) is 16.7 Å². The Morgan fingerprint density at radius 1 is 0.903 bits per heavy atom. The van der Waals surface area contributed by atoms with Gasteiger partial charge in [0, 0.05) is 6.42 Å². The third kappa shape index (κ3) is 2.96. The number of carbonyl (C=O) groups is 2. The smallest absolute Gasteiger partial charge is 0.416 e. The maximum atomic E-state index is 13.0. The van der Waals surface area contributed by atoms with Crippen LogP contribution in [0.4, 0.5) is 13.2 Å². The minimum atomic E-state index is -4.46. The van der Waals surface area contributed by atoms with Crippen molar-refractivity contribution in [3.8, 4) is 0 Å². The van der Waals surface area contributed by atoms with Gasteiger partial charge in [-0.1, -0.05) is 36.4 Å². The van der Waals surface area contributed by atoms with E-state index in [1.54, 1.807) is 31.2 Å². The molecule has 0 aliphatic carbocycles. The van der Waals surface area contributed by atoms with Crippen LogP contribution in [0.3, 0.4) is 0 Å². The summed E-state index contributed by atoms with van der Waals surface area (Å²) in [4.78, 5) is 25.6. The molecule has 0 N–H and O–H groups in total. The molecule has 0 saturated heterocycles. The molecule has 0 amide bonds. The van der Waals surface area contributed by atoms with Gasteiger partial charge >= 0.3 is 18.1 Å². The number of benzene rings is 2. The van der Waals surface area contributed by atoms with Crippen LogP contribution in [0.1, 0.15) is 29.2 Å². The Morgan fingerprint density at radius 2 is 1.45 bits per heavy atom. The van der Waals surface area contributed by atoms with Gasteiger partial charge in [-0.2, -0.15) is 13.2 Å². The monoisotopic (exact) mass is 432 g/mol. The number of hydrogen-bond donors (Lipinski definition) is 0. The minimum Gasteiger partial charge on any atom is -0.466 e. The fourth-order valence-corrected chi connectivity index (χ4v) is 4.61. The van der Waals surface area contributed by atoms with Crippen molar-refractivity contribution in [1.29, 1.82) is 0 Å². The summed E-state index contributed by atoms with van der Waals surface area (Å²) in [5, 5.41) is 0. The molecule has 5 nitrogen and oxygen atoms in total. The predicted octanol–water partition coefficient (Wildman–Crippen LogP) is 4.05. The molecule has 31 heavy (non-hydrogen) atoms. The fourth-order valence-electron chi connectivity index (χ4n) is 4.61. The minimum absolute atomic E-state index is 0.00273. The highest BCUT2D eigenvalue weighted by atomic mass is 19.4. The second kappa shape index (κ2) is 6.95. The molecular weight excluding hydrogens is 413 g/mol. The van der Waals surface area contributed by atoms with Crippen molar-refractivity contribution in [2.24, 2.45) is 0 Å². The first-order chi connectivity index (χ1) is 14.6. The summed E-state index contributed by atoms with van der Waals surface area (Å²) in [6.07, 6.45) is -4.43. The number of fused-ring (bicyclic) bond motifs is 5. The summed E-state index contributed by atoms with van der Waals surface area (Å²) in [7, 11) is 2.39. The summed E-state index contributed by atoms with van der Waals surface area (Å²) in [6, 6.07) is 11.8. The van der Waals surface area contributed by atoms with Crippen LogP contribution in [0.2, 0.25) is 0 Å². The van der Waals surface area contributed by atoms with Gasteiger partial charge in [0.25, 0.3) is 0 Å². The molecule has 4 rings (SSSR count). The van der Waals surface area contributed by atoms with Crippen molar-refractivity contribution >= 4 is 11.9 Å². The van der Waals surface area contributed by atoms with Crippen LogP contribution in [0, 0.1) is 0 Å². The zero-order chi connectivity index (χ0) is 22.6. The molecule has 2 aromatic rings. The quantitative estimate of drug-likeness (QED) is 0.683. The van der Waals surface area contributed by atoms with Gasteiger partial charge in [-0.15, -0.1) is 0 Å². The standard InChI is InChI=1S/C23H19F3O5/c1-21-15-6-4-5-7-16(15)22(31-21,18(20(28)30-3)17(21)19(27)29-2)12-13-8-10-14(11-9-13)23(24,25)26/h4-11H,12H2,1-3H3. The molecule has 2 heterocycles. The Kier molecular flexibility index (Phi) is 4.73. The SMILES string of the molecule is COC(=O)C1=C(C(=O)OC)C2(Cc3ccc(C(F)(F)F)cc3)OC1(C)c1ccccc12. The highest BCUT2D eigenvalue weighted by Crippen LogP contribution is 2.62. The number of esters is 2.